The lowest BCUT2D eigenvalue weighted by atomic mass is 10.0. The average Bonchev–Trinajstić information content (AvgIpc) is 3.44. The minimum absolute atomic E-state index is 0.0192. The van der Waals surface area contributed by atoms with Crippen molar-refractivity contribution in [3.8, 4) is 5.75 Å². The van der Waals surface area contributed by atoms with E-state index in [4.69, 9.17) is 4.74 Å². The third kappa shape index (κ3) is 5.28. The molecule has 0 aliphatic heterocycles. The highest BCUT2D eigenvalue weighted by Crippen LogP contribution is 2.31. The van der Waals surface area contributed by atoms with E-state index in [-0.39, 0.29) is 18.2 Å². The number of hydrogen-bond acceptors (Lipinski definition) is 6. The molecule has 38 heavy (non-hydrogen) atoms. The van der Waals surface area contributed by atoms with E-state index in [0.717, 1.165) is 16.6 Å². The SMILES string of the molecule is C=CCn1c(CNC(=O)c2ccccc2OC)nnc1SC(C)C(=O)c1c(C)n(CC=C)c2ccccc12. The Morgan fingerprint density at radius 1 is 1.05 bits per heavy atom. The molecule has 0 saturated carbocycles. The van der Waals surface area contributed by atoms with E-state index >= 15 is 0 Å². The Morgan fingerprint density at radius 3 is 2.47 bits per heavy atom. The number of hydrogen-bond donors (Lipinski definition) is 1. The predicted octanol–water partition coefficient (Wildman–Crippen LogP) is 5.22. The van der Waals surface area contributed by atoms with Gasteiger partial charge in [-0.2, -0.15) is 0 Å². The van der Waals surface area contributed by atoms with Gasteiger partial charge in [-0.15, -0.1) is 23.4 Å². The van der Waals surface area contributed by atoms with Crippen LogP contribution in [-0.2, 0) is 19.6 Å². The molecule has 2 aromatic heterocycles. The van der Waals surface area contributed by atoms with Gasteiger partial charge in [0, 0.05) is 35.2 Å². The van der Waals surface area contributed by atoms with Crippen molar-refractivity contribution in [3.63, 3.8) is 0 Å². The van der Waals surface area contributed by atoms with Gasteiger partial charge in [0.2, 0.25) is 0 Å². The van der Waals surface area contributed by atoms with E-state index in [1.807, 2.05) is 48.8 Å². The summed E-state index contributed by atoms with van der Waals surface area (Å²) < 4.78 is 9.25. The fourth-order valence-corrected chi connectivity index (χ4v) is 5.39. The number of thioether (sulfide) groups is 1. The maximum Gasteiger partial charge on any atom is 0.255 e. The Morgan fingerprint density at radius 2 is 1.74 bits per heavy atom. The molecule has 9 heteroatoms. The van der Waals surface area contributed by atoms with Crippen LogP contribution in [-0.4, -0.2) is 43.4 Å². The van der Waals surface area contributed by atoms with Crippen LogP contribution in [0.5, 0.6) is 5.75 Å². The molecule has 0 spiro atoms. The van der Waals surface area contributed by atoms with Crippen LogP contribution in [0, 0.1) is 6.92 Å². The molecular weight excluding hydrogens is 498 g/mol. The van der Waals surface area contributed by atoms with Crippen LogP contribution in [0.3, 0.4) is 0 Å². The molecule has 0 radical (unpaired) electrons. The first kappa shape index (κ1) is 26.9. The molecule has 196 valence electrons. The van der Waals surface area contributed by atoms with Crippen molar-refractivity contribution >= 4 is 34.4 Å². The molecule has 2 aromatic carbocycles. The second-order valence-corrected chi connectivity index (χ2v) is 9.99. The molecule has 0 aliphatic carbocycles. The number of nitrogens with one attached hydrogen (secondary N) is 1. The third-order valence-electron chi connectivity index (χ3n) is 6.30. The lowest BCUT2D eigenvalue weighted by Crippen LogP contribution is -2.25. The quantitative estimate of drug-likeness (QED) is 0.154. The normalized spacial score (nSPS) is 11.8. The number of para-hydroxylation sites is 2. The first-order valence-electron chi connectivity index (χ1n) is 12.2. The fraction of sp³-hybridized carbons (Fsp3) is 0.241. The summed E-state index contributed by atoms with van der Waals surface area (Å²) in [4.78, 5) is 26.5. The van der Waals surface area contributed by atoms with Crippen molar-refractivity contribution in [2.45, 2.75) is 43.9 Å². The van der Waals surface area contributed by atoms with E-state index in [0.29, 0.717) is 40.9 Å². The van der Waals surface area contributed by atoms with Crippen LogP contribution < -0.4 is 10.1 Å². The zero-order chi connectivity index (χ0) is 27.2. The van der Waals surface area contributed by atoms with Crippen LogP contribution >= 0.6 is 11.8 Å². The van der Waals surface area contributed by atoms with Gasteiger partial charge < -0.3 is 19.2 Å². The Labute approximate surface area is 226 Å². The highest BCUT2D eigenvalue weighted by molar-refractivity contribution is 8.00. The van der Waals surface area contributed by atoms with Crippen LogP contribution in [0.1, 0.15) is 39.2 Å². The smallest absolute Gasteiger partial charge is 0.255 e. The third-order valence-corrected chi connectivity index (χ3v) is 7.38. The van der Waals surface area contributed by atoms with Gasteiger partial charge in [0.25, 0.3) is 5.91 Å². The minimum atomic E-state index is -0.416. The monoisotopic (exact) mass is 529 g/mol. The van der Waals surface area contributed by atoms with Gasteiger partial charge in [-0.25, -0.2) is 0 Å². The average molecular weight is 530 g/mol. The number of methoxy groups -OCH3 is 1. The summed E-state index contributed by atoms with van der Waals surface area (Å²) >= 11 is 1.34. The molecule has 0 saturated heterocycles. The molecule has 1 atom stereocenters. The summed E-state index contributed by atoms with van der Waals surface area (Å²) in [7, 11) is 1.53. The number of ketones is 1. The molecular formula is C29H31N5O3S. The molecule has 4 aromatic rings. The number of amides is 1. The Bertz CT molecular complexity index is 1500. The van der Waals surface area contributed by atoms with Gasteiger partial charge in [0.1, 0.15) is 5.75 Å². The summed E-state index contributed by atoms with van der Waals surface area (Å²) in [5.74, 6) is 0.797. The molecule has 1 amide bonds. The van der Waals surface area contributed by atoms with Gasteiger partial charge in [-0.05, 0) is 32.0 Å². The highest BCUT2D eigenvalue weighted by Gasteiger charge is 2.26. The van der Waals surface area contributed by atoms with Gasteiger partial charge in [-0.3, -0.25) is 9.59 Å². The van der Waals surface area contributed by atoms with Crippen LogP contribution in [0.25, 0.3) is 10.9 Å². The number of benzene rings is 2. The maximum absolute atomic E-state index is 13.7. The molecule has 2 heterocycles. The van der Waals surface area contributed by atoms with Gasteiger partial charge >= 0.3 is 0 Å². The number of carbonyl (C=O) groups excluding carboxylic acids is 2. The number of aromatic nitrogens is 4. The van der Waals surface area contributed by atoms with Crippen LogP contribution in [0.4, 0.5) is 0 Å². The van der Waals surface area contributed by atoms with E-state index in [1.54, 1.807) is 30.3 Å². The Kier molecular flexibility index (Phi) is 8.48. The van der Waals surface area contributed by atoms with Gasteiger partial charge in [0.05, 0.1) is 24.5 Å². The van der Waals surface area contributed by atoms with E-state index in [2.05, 4.69) is 33.2 Å². The second kappa shape index (κ2) is 12.0. The van der Waals surface area contributed by atoms with Crippen LogP contribution in [0.15, 0.2) is 79.0 Å². The maximum atomic E-state index is 13.7. The summed E-state index contributed by atoms with van der Waals surface area (Å²) in [6, 6.07) is 14.9. The van der Waals surface area contributed by atoms with E-state index < -0.39 is 5.25 Å². The summed E-state index contributed by atoms with van der Waals surface area (Å²) in [6.07, 6.45) is 3.57. The van der Waals surface area contributed by atoms with Crippen molar-refractivity contribution in [2.24, 2.45) is 0 Å². The molecule has 0 bridgehead atoms. The molecule has 0 fully saturated rings. The number of ether oxygens (including phenoxy) is 1. The minimum Gasteiger partial charge on any atom is -0.496 e. The highest BCUT2D eigenvalue weighted by atomic mass is 32.2. The first-order chi connectivity index (χ1) is 18.4. The number of carbonyl (C=O) groups is 2. The van der Waals surface area contributed by atoms with E-state index in [1.165, 1.54) is 18.9 Å². The van der Waals surface area contributed by atoms with Crippen molar-refractivity contribution in [1.82, 2.24) is 24.6 Å². The lowest BCUT2D eigenvalue weighted by molar-refractivity contribution is 0.0945. The molecule has 1 N–H and O–H groups in total. The number of rotatable bonds is 12. The molecule has 8 nitrogen and oxygen atoms in total. The zero-order valence-electron chi connectivity index (χ0n) is 21.8. The molecule has 1 unspecified atom stereocenters. The van der Waals surface area contributed by atoms with Gasteiger partial charge in [-0.1, -0.05) is 54.2 Å². The topological polar surface area (TPSA) is 91.0 Å². The zero-order valence-corrected chi connectivity index (χ0v) is 22.6. The summed E-state index contributed by atoms with van der Waals surface area (Å²) in [6.45, 7) is 12.8. The summed E-state index contributed by atoms with van der Waals surface area (Å²) in [5, 5.41) is 12.6. The van der Waals surface area contributed by atoms with Crippen molar-refractivity contribution in [3.05, 3.63) is 96.5 Å². The predicted molar refractivity (Wildman–Crippen MR) is 151 cm³/mol. The second-order valence-electron chi connectivity index (χ2n) is 8.68. The number of Topliss-reactive ketones (excluding diaryl/α,β-unsaturated/α-hetero) is 1. The van der Waals surface area contributed by atoms with Crippen molar-refractivity contribution in [1.29, 1.82) is 0 Å². The largest absolute Gasteiger partial charge is 0.496 e. The van der Waals surface area contributed by atoms with Crippen LogP contribution in [0.2, 0.25) is 0 Å². The van der Waals surface area contributed by atoms with Crippen molar-refractivity contribution < 1.29 is 14.3 Å². The number of nitrogens with zero attached hydrogens (tertiary/aromatic N) is 4. The first-order valence-corrected chi connectivity index (χ1v) is 13.1. The number of allylic oxidation sites excluding steroid dienone is 2. The Balaban J connectivity index is 1.55. The fourth-order valence-electron chi connectivity index (χ4n) is 4.46. The van der Waals surface area contributed by atoms with Gasteiger partial charge in [0.15, 0.2) is 16.8 Å². The van der Waals surface area contributed by atoms with E-state index in [9.17, 15) is 9.59 Å². The Hall–Kier alpha value is -4.11. The standard InChI is InChI=1S/C29H31N5O3S/c1-6-16-33-19(3)26(21-12-8-10-14-23(21)33)27(35)20(4)38-29-32-31-25(34(29)17-7-2)18-30-28(36)22-13-9-11-15-24(22)37-5/h6-15,20H,1-2,16-18H2,3-5H3,(H,30,36). The number of fused-ring (bicyclic) bond motifs is 1. The van der Waals surface area contributed by atoms with Crippen molar-refractivity contribution in [2.75, 3.05) is 7.11 Å². The lowest BCUT2D eigenvalue weighted by Gasteiger charge is -2.13. The molecule has 0 aliphatic rings. The summed E-state index contributed by atoms with van der Waals surface area (Å²) in [5.41, 5.74) is 3.07. The molecule has 4 rings (SSSR count).